The molecule has 0 radical (unpaired) electrons. The molecule has 0 aromatic heterocycles. The first kappa shape index (κ1) is 14.4. The molecular formula is C16H17BrClN. The van der Waals surface area contributed by atoms with Crippen molar-refractivity contribution in [2.24, 2.45) is 0 Å². The van der Waals surface area contributed by atoms with Gasteiger partial charge in [-0.15, -0.1) is 0 Å². The van der Waals surface area contributed by atoms with Crippen LogP contribution in [0.1, 0.15) is 30.5 Å². The maximum Gasteiger partial charge on any atom is 0.0640 e. The van der Waals surface area contributed by atoms with Crippen LogP contribution < -0.4 is 5.32 Å². The van der Waals surface area contributed by atoms with Crippen molar-refractivity contribution in [3.05, 3.63) is 63.1 Å². The average Bonchev–Trinajstić information content (AvgIpc) is 2.38. The largest absolute Gasteiger partial charge is 0.377 e. The smallest absolute Gasteiger partial charge is 0.0640 e. The summed E-state index contributed by atoms with van der Waals surface area (Å²) in [4.78, 5) is 0. The van der Waals surface area contributed by atoms with Gasteiger partial charge in [0.25, 0.3) is 0 Å². The highest BCUT2D eigenvalue weighted by Gasteiger charge is 2.11. The van der Waals surface area contributed by atoms with Gasteiger partial charge in [0, 0.05) is 4.47 Å². The van der Waals surface area contributed by atoms with Crippen LogP contribution in [0.5, 0.6) is 0 Å². The molecular weight excluding hydrogens is 322 g/mol. The number of hydrogen-bond donors (Lipinski definition) is 1. The minimum atomic E-state index is 0.262. The van der Waals surface area contributed by atoms with Gasteiger partial charge in [0.2, 0.25) is 0 Å². The van der Waals surface area contributed by atoms with Crippen molar-refractivity contribution in [1.82, 2.24) is 0 Å². The molecule has 0 fully saturated rings. The fraction of sp³-hybridized carbons (Fsp3) is 0.250. The van der Waals surface area contributed by atoms with E-state index in [0.29, 0.717) is 0 Å². The number of nitrogens with one attached hydrogen (secondary N) is 1. The first-order valence-corrected chi connectivity index (χ1v) is 7.55. The molecule has 0 saturated carbocycles. The third-order valence-corrected chi connectivity index (χ3v) is 3.92. The Kier molecular flexibility index (Phi) is 4.89. The molecule has 19 heavy (non-hydrogen) atoms. The summed E-state index contributed by atoms with van der Waals surface area (Å²) in [5.41, 5.74) is 3.42. The number of hydrogen-bond acceptors (Lipinski definition) is 1. The van der Waals surface area contributed by atoms with Gasteiger partial charge in [0.05, 0.1) is 16.8 Å². The fourth-order valence-electron chi connectivity index (χ4n) is 2.07. The summed E-state index contributed by atoms with van der Waals surface area (Å²) in [6.07, 6.45) is 1.00. The van der Waals surface area contributed by atoms with E-state index < -0.39 is 0 Å². The highest BCUT2D eigenvalue weighted by molar-refractivity contribution is 9.10. The maximum atomic E-state index is 6.28. The molecule has 1 atom stereocenters. The molecule has 1 unspecified atom stereocenters. The van der Waals surface area contributed by atoms with Gasteiger partial charge in [0.15, 0.2) is 0 Å². The molecule has 0 spiro atoms. The third-order valence-electron chi connectivity index (χ3n) is 3.11. The summed E-state index contributed by atoms with van der Waals surface area (Å²) >= 11 is 9.79. The topological polar surface area (TPSA) is 12.0 Å². The Morgan fingerprint density at radius 1 is 1.21 bits per heavy atom. The van der Waals surface area contributed by atoms with Crippen LogP contribution in [0.4, 0.5) is 5.69 Å². The van der Waals surface area contributed by atoms with Crippen molar-refractivity contribution in [1.29, 1.82) is 0 Å². The quantitative estimate of drug-likeness (QED) is 0.723. The summed E-state index contributed by atoms with van der Waals surface area (Å²) < 4.78 is 1.10. The van der Waals surface area contributed by atoms with Gasteiger partial charge in [-0.05, 0) is 48.7 Å². The van der Waals surface area contributed by atoms with E-state index in [2.05, 4.69) is 52.4 Å². The van der Waals surface area contributed by atoms with Crippen LogP contribution in [-0.4, -0.2) is 0 Å². The van der Waals surface area contributed by atoms with Crippen molar-refractivity contribution in [2.75, 3.05) is 5.32 Å². The number of benzene rings is 2. The summed E-state index contributed by atoms with van der Waals surface area (Å²) in [7, 11) is 0. The van der Waals surface area contributed by atoms with Gasteiger partial charge in [-0.25, -0.2) is 0 Å². The average molecular weight is 339 g/mol. The molecule has 0 aliphatic rings. The van der Waals surface area contributed by atoms with Crippen molar-refractivity contribution in [3.63, 3.8) is 0 Å². The van der Waals surface area contributed by atoms with Gasteiger partial charge in [-0.3, -0.25) is 0 Å². The van der Waals surface area contributed by atoms with E-state index in [0.717, 1.165) is 21.6 Å². The SMILES string of the molecule is CCC(Nc1ccc(C)cc1Cl)c1cccc(Br)c1. The van der Waals surface area contributed by atoms with Crippen molar-refractivity contribution in [3.8, 4) is 0 Å². The van der Waals surface area contributed by atoms with E-state index >= 15 is 0 Å². The van der Waals surface area contributed by atoms with Gasteiger partial charge in [-0.2, -0.15) is 0 Å². The number of anilines is 1. The highest BCUT2D eigenvalue weighted by atomic mass is 79.9. The normalized spacial score (nSPS) is 12.2. The Labute approximate surface area is 128 Å². The predicted octanol–water partition coefficient (Wildman–Crippen LogP) is 5.97. The monoisotopic (exact) mass is 337 g/mol. The maximum absolute atomic E-state index is 6.28. The first-order valence-electron chi connectivity index (χ1n) is 6.38. The van der Waals surface area contributed by atoms with Crippen LogP contribution in [0.25, 0.3) is 0 Å². The second-order valence-corrected chi connectivity index (χ2v) is 5.97. The van der Waals surface area contributed by atoms with Gasteiger partial charge in [-0.1, -0.05) is 52.7 Å². The summed E-state index contributed by atoms with van der Waals surface area (Å²) in [6, 6.07) is 14.7. The van der Waals surface area contributed by atoms with Crippen molar-refractivity contribution >= 4 is 33.2 Å². The molecule has 0 amide bonds. The molecule has 2 aromatic rings. The van der Waals surface area contributed by atoms with E-state index in [1.807, 2.05) is 25.1 Å². The molecule has 0 aliphatic carbocycles. The second-order valence-electron chi connectivity index (χ2n) is 4.64. The molecule has 3 heteroatoms. The van der Waals surface area contributed by atoms with Gasteiger partial charge >= 0.3 is 0 Å². The standard InChI is InChI=1S/C16H17BrClN/c1-3-15(12-5-4-6-13(17)10-12)19-16-8-7-11(2)9-14(16)18/h4-10,15,19H,3H2,1-2H3. The van der Waals surface area contributed by atoms with E-state index in [9.17, 15) is 0 Å². The second kappa shape index (κ2) is 6.44. The van der Waals surface area contributed by atoms with E-state index in [1.54, 1.807) is 0 Å². The third kappa shape index (κ3) is 3.74. The summed E-state index contributed by atoms with van der Waals surface area (Å²) in [6.45, 7) is 4.21. The Hall–Kier alpha value is -0.990. The van der Waals surface area contributed by atoms with Crippen molar-refractivity contribution < 1.29 is 0 Å². The molecule has 0 aliphatic heterocycles. The Bertz CT molecular complexity index is 568. The minimum Gasteiger partial charge on any atom is -0.377 e. The Morgan fingerprint density at radius 3 is 2.63 bits per heavy atom. The molecule has 2 rings (SSSR count). The lowest BCUT2D eigenvalue weighted by Crippen LogP contribution is -2.10. The Balaban J connectivity index is 2.24. The zero-order chi connectivity index (χ0) is 13.8. The molecule has 0 saturated heterocycles. The molecule has 0 heterocycles. The van der Waals surface area contributed by atoms with Gasteiger partial charge in [0.1, 0.15) is 0 Å². The van der Waals surface area contributed by atoms with E-state index in [-0.39, 0.29) is 6.04 Å². The van der Waals surface area contributed by atoms with Crippen LogP contribution >= 0.6 is 27.5 Å². The zero-order valence-corrected chi connectivity index (χ0v) is 13.4. The Morgan fingerprint density at radius 2 is 2.00 bits per heavy atom. The number of halogens is 2. The zero-order valence-electron chi connectivity index (χ0n) is 11.1. The molecule has 100 valence electrons. The number of aryl methyl sites for hydroxylation is 1. The summed E-state index contributed by atoms with van der Waals surface area (Å²) in [5.74, 6) is 0. The lowest BCUT2D eigenvalue weighted by Gasteiger charge is -2.20. The fourth-order valence-corrected chi connectivity index (χ4v) is 2.78. The molecule has 1 N–H and O–H groups in total. The van der Waals surface area contributed by atoms with Crippen LogP contribution in [0, 0.1) is 6.92 Å². The number of rotatable bonds is 4. The van der Waals surface area contributed by atoms with Gasteiger partial charge < -0.3 is 5.32 Å². The summed E-state index contributed by atoms with van der Waals surface area (Å²) in [5, 5.41) is 4.29. The van der Waals surface area contributed by atoms with Crippen LogP contribution in [0.3, 0.4) is 0 Å². The lowest BCUT2D eigenvalue weighted by atomic mass is 10.0. The molecule has 0 bridgehead atoms. The first-order chi connectivity index (χ1) is 9.10. The molecule has 2 aromatic carbocycles. The minimum absolute atomic E-state index is 0.262. The molecule has 1 nitrogen and oxygen atoms in total. The lowest BCUT2D eigenvalue weighted by molar-refractivity contribution is 0.749. The van der Waals surface area contributed by atoms with Crippen LogP contribution in [-0.2, 0) is 0 Å². The van der Waals surface area contributed by atoms with Crippen molar-refractivity contribution in [2.45, 2.75) is 26.3 Å². The van der Waals surface area contributed by atoms with E-state index in [1.165, 1.54) is 11.1 Å². The van der Waals surface area contributed by atoms with E-state index in [4.69, 9.17) is 11.6 Å². The van der Waals surface area contributed by atoms with Crippen LogP contribution in [0.2, 0.25) is 5.02 Å². The van der Waals surface area contributed by atoms with Crippen LogP contribution in [0.15, 0.2) is 46.9 Å². The highest BCUT2D eigenvalue weighted by Crippen LogP contribution is 2.29. The predicted molar refractivity (Wildman–Crippen MR) is 87.0 cm³/mol.